The van der Waals surface area contributed by atoms with Gasteiger partial charge in [0.1, 0.15) is 23.3 Å². The third kappa shape index (κ3) is 4.23. The van der Waals surface area contributed by atoms with Crippen molar-refractivity contribution in [3.05, 3.63) is 59.0 Å². The molecule has 0 spiro atoms. The Morgan fingerprint density at radius 2 is 1.84 bits per heavy atom. The van der Waals surface area contributed by atoms with E-state index < -0.39 is 0 Å². The molecule has 0 saturated heterocycles. The van der Waals surface area contributed by atoms with Crippen LogP contribution in [0, 0.1) is 0 Å². The average Bonchev–Trinajstić information content (AvgIpc) is 2.63. The summed E-state index contributed by atoms with van der Waals surface area (Å²) in [6.07, 6.45) is 4.70. The highest BCUT2D eigenvalue weighted by atomic mass is 79.9. The molecule has 3 aromatic rings. The molecular formula is C20H19BrO4. The predicted octanol–water partition coefficient (Wildman–Crippen LogP) is 5.11. The van der Waals surface area contributed by atoms with Crippen LogP contribution < -0.4 is 10.2 Å². The number of hydrogen-bond donors (Lipinski definition) is 1. The quantitative estimate of drug-likeness (QED) is 0.440. The lowest BCUT2D eigenvalue weighted by Crippen LogP contribution is -2.05. The molecule has 1 N–H and O–H groups in total. The topological polar surface area (TPSA) is 59.7 Å². The van der Waals surface area contributed by atoms with Gasteiger partial charge in [-0.25, -0.2) is 0 Å². The molecule has 130 valence electrons. The minimum absolute atomic E-state index is 0.101. The van der Waals surface area contributed by atoms with E-state index in [2.05, 4.69) is 15.9 Å². The number of halogens is 1. The van der Waals surface area contributed by atoms with Gasteiger partial charge in [0.15, 0.2) is 5.43 Å². The van der Waals surface area contributed by atoms with Crippen LogP contribution in [0.3, 0.4) is 0 Å². The van der Waals surface area contributed by atoms with E-state index in [4.69, 9.17) is 9.15 Å². The number of alkyl halides is 1. The van der Waals surface area contributed by atoms with Crippen molar-refractivity contribution in [2.45, 2.75) is 19.3 Å². The van der Waals surface area contributed by atoms with Crippen LogP contribution in [0.1, 0.15) is 19.3 Å². The van der Waals surface area contributed by atoms with Crippen molar-refractivity contribution in [3.8, 4) is 22.6 Å². The number of aromatic hydroxyl groups is 1. The van der Waals surface area contributed by atoms with E-state index in [0.717, 1.165) is 24.6 Å². The summed E-state index contributed by atoms with van der Waals surface area (Å²) in [5.41, 5.74) is 1.58. The van der Waals surface area contributed by atoms with Gasteiger partial charge in [0.05, 0.1) is 17.6 Å². The number of benzene rings is 2. The highest BCUT2D eigenvalue weighted by Crippen LogP contribution is 2.24. The molecular weight excluding hydrogens is 384 g/mol. The smallest absolute Gasteiger partial charge is 0.200 e. The molecule has 0 radical (unpaired) electrons. The van der Waals surface area contributed by atoms with Crippen molar-refractivity contribution in [1.82, 2.24) is 0 Å². The lowest BCUT2D eigenvalue weighted by molar-refractivity contribution is 0.306. The van der Waals surface area contributed by atoms with Crippen molar-refractivity contribution < 1.29 is 14.3 Å². The second-order valence-corrected chi connectivity index (χ2v) is 6.57. The Hall–Kier alpha value is -2.27. The summed E-state index contributed by atoms with van der Waals surface area (Å²) in [5, 5.41) is 10.9. The Morgan fingerprint density at radius 3 is 2.60 bits per heavy atom. The Morgan fingerprint density at radius 1 is 1.04 bits per heavy atom. The van der Waals surface area contributed by atoms with Gasteiger partial charge < -0.3 is 14.3 Å². The molecule has 0 aliphatic heterocycles. The van der Waals surface area contributed by atoms with Crippen LogP contribution in [-0.4, -0.2) is 17.0 Å². The summed E-state index contributed by atoms with van der Waals surface area (Å²) >= 11 is 3.41. The first kappa shape index (κ1) is 17.5. The Labute approximate surface area is 154 Å². The summed E-state index contributed by atoms with van der Waals surface area (Å²) in [7, 11) is 0. The molecule has 0 unspecified atom stereocenters. The van der Waals surface area contributed by atoms with Crippen molar-refractivity contribution >= 4 is 26.9 Å². The maximum absolute atomic E-state index is 12.7. The maximum Gasteiger partial charge on any atom is 0.200 e. The van der Waals surface area contributed by atoms with Gasteiger partial charge >= 0.3 is 0 Å². The van der Waals surface area contributed by atoms with E-state index >= 15 is 0 Å². The van der Waals surface area contributed by atoms with Crippen LogP contribution in [-0.2, 0) is 0 Å². The molecule has 0 fully saturated rings. The van der Waals surface area contributed by atoms with Gasteiger partial charge in [0.25, 0.3) is 0 Å². The number of hydrogen-bond acceptors (Lipinski definition) is 4. The van der Waals surface area contributed by atoms with E-state index in [0.29, 0.717) is 34.5 Å². The van der Waals surface area contributed by atoms with Gasteiger partial charge in [-0.1, -0.05) is 28.1 Å². The third-order valence-corrected chi connectivity index (χ3v) is 4.53. The SMILES string of the molecule is O=c1c(-c2ccc(O)cc2)coc2cc(OCCCCCBr)ccc12. The first-order valence-corrected chi connectivity index (χ1v) is 9.35. The summed E-state index contributed by atoms with van der Waals surface area (Å²) in [6.45, 7) is 0.647. The first-order valence-electron chi connectivity index (χ1n) is 8.23. The standard InChI is InChI=1S/C20H19BrO4/c21-10-2-1-3-11-24-16-8-9-17-19(12-16)25-13-18(20(17)23)14-4-6-15(22)7-5-14/h4-9,12-13,22H,1-3,10-11H2. The maximum atomic E-state index is 12.7. The van der Waals surface area contributed by atoms with E-state index in [9.17, 15) is 9.90 Å². The Kier molecular flexibility index (Phi) is 5.76. The van der Waals surface area contributed by atoms with Gasteiger partial charge in [0.2, 0.25) is 0 Å². The molecule has 1 aromatic heterocycles. The number of phenols is 1. The normalized spacial score (nSPS) is 10.9. The number of ether oxygens (including phenoxy) is 1. The van der Waals surface area contributed by atoms with E-state index in [1.807, 2.05) is 0 Å². The van der Waals surface area contributed by atoms with Gasteiger partial charge in [-0.15, -0.1) is 0 Å². The fourth-order valence-electron chi connectivity index (χ4n) is 2.60. The van der Waals surface area contributed by atoms with Gasteiger partial charge in [0, 0.05) is 11.4 Å². The van der Waals surface area contributed by atoms with E-state index in [-0.39, 0.29) is 11.2 Å². The molecule has 25 heavy (non-hydrogen) atoms. The van der Waals surface area contributed by atoms with Gasteiger partial charge in [-0.2, -0.15) is 0 Å². The van der Waals surface area contributed by atoms with E-state index in [1.54, 1.807) is 42.5 Å². The van der Waals surface area contributed by atoms with Crippen molar-refractivity contribution in [1.29, 1.82) is 0 Å². The third-order valence-electron chi connectivity index (χ3n) is 3.97. The molecule has 0 bridgehead atoms. The highest BCUT2D eigenvalue weighted by Gasteiger charge is 2.10. The average molecular weight is 403 g/mol. The Balaban J connectivity index is 1.81. The highest BCUT2D eigenvalue weighted by molar-refractivity contribution is 9.09. The van der Waals surface area contributed by atoms with Crippen LogP contribution in [0.5, 0.6) is 11.5 Å². The summed E-state index contributed by atoms with van der Waals surface area (Å²) in [6, 6.07) is 11.8. The number of rotatable bonds is 7. The Bertz CT molecular complexity index is 900. The summed E-state index contributed by atoms with van der Waals surface area (Å²) in [4.78, 5) is 12.7. The molecule has 0 aliphatic carbocycles. The molecule has 5 heteroatoms. The number of unbranched alkanes of at least 4 members (excludes halogenated alkanes) is 2. The van der Waals surface area contributed by atoms with Crippen molar-refractivity contribution in [3.63, 3.8) is 0 Å². The predicted molar refractivity (Wildman–Crippen MR) is 103 cm³/mol. The summed E-state index contributed by atoms with van der Waals surface area (Å²) < 4.78 is 11.4. The molecule has 1 heterocycles. The molecule has 4 nitrogen and oxygen atoms in total. The van der Waals surface area contributed by atoms with Crippen LogP contribution in [0.4, 0.5) is 0 Å². The summed E-state index contributed by atoms with van der Waals surface area (Å²) in [5.74, 6) is 0.860. The lowest BCUT2D eigenvalue weighted by Gasteiger charge is -2.07. The molecule has 0 atom stereocenters. The largest absolute Gasteiger partial charge is 0.508 e. The molecule has 2 aromatic carbocycles. The van der Waals surface area contributed by atoms with Crippen LogP contribution in [0.2, 0.25) is 0 Å². The van der Waals surface area contributed by atoms with Gasteiger partial charge in [-0.3, -0.25) is 4.79 Å². The zero-order valence-corrected chi connectivity index (χ0v) is 15.3. The van der Waals surface area contributed by atoms with E-state index in [1.165, 1.54) is 6.26 Å². The second-order valence-electron chi connectivity index (χ2n) is 5.78. The number of fused-ring (bicyclic) bond motifs is 1. The second kappa shape index (κ2) is 8.21. The van der Waals surface area contributed by atoms with Crippen LogP contribution in [0.15, 0.2) is 57.9 Å². The van der Waals surface area contributed by atoms with Crippen LogP contribution >= 0.6 is 15.9 Å². The lowest BCUT2D eigenvalue weighted by atomic mass is 10.1. The number of phenolic OH excluding ortho intramolecular Hbond substituents is 1. The molecule has 0 amide bonds. The zero-order chi connectivity index (χ0) is 17.6. The van der Waals surface area contributed by atoms with Crippen molar-refractivity contribution in [2.24, 2.45) is 0 Å². The zero-order valence-electron chi connectivity index (χ0n) is 13.7. The molecule has 3 rings (SSSR count). The fraction of sp³-hybridized carbons (Fsp3) is 0.250. The minimum atomic E-state index is -0.101. The monoisotopic (exact) mass is 402 g/mol. The first-order chi connectivity index (χ1) is 12.2. The van der Waals surface area contributed by atoms with Crippen LogP contribution in [0.25, 0.3) is 22.1 Å². The molecule has 0 saturated carbocycles. The molecule has 0 aliphatic rings. The minimum Gasteiger partial charge on any atom is -0.508 e. The van der Waals surface area contributed by atoms with Gasteiger partial charge in [-0.05, 0) is 49.1 Å². The van der Waals surface area contributed by atoms with Crippen molar-refractivity contribution in [2.75, 3.05) is 11.9 Å². The fourth-order valence-corrected chi connectivity index (χ4v) is 3.00.